The maximum Gasteiger partial charge on any atom is 0.134 e. The predicted molar refractivity (Wildman–Crippen MR) is 149 cm³/mol. The highest BCUT2D eigenvalue weighted by molar-refractivity contribution is 6.07. The SMILES string of the molecule is COc1ccc(CNc2nc(-c3ccccc3C)c(-c3cccc(OC)c3)c3cc(C)ccc23)cc1. The highest BCUT2D eigenvalue weighted by atomic mass is 16.5. The van der Waals surface area contributed by atoms with Gasteiger partial charge < -0.3 is 14.8 Å². The lowest BCUT2D eigenvalue weighted by atomic mass is 9.91. The topological polar surface area (TPSA) is 43.4 Å². The van der Waals surface area contributed by atoms with Crippen molar-refractivity contribution in [2.24, 2.45) is 0 Å². The smallest absolute Gasteiger partial charge is 0.134 e. The van der Waals surface area contributed by atoms with Gasteiger partial charge in [0.2, 0.25) is 0 Å². The molecule has 4 nitrogen and oxygen atoms in total. The van der Waals surface area contributed by atoms with Gasteiger partial charge in [0.05, 0.1) is 19.9 Å². The third-order valence-corrected chi connectivity index (χ3v) is 6.54. The lowest BCUT2D eigenvalue weighted by Crippen LogP contribution is -2.05. The Kier molecular flexibility index (Phi) is 6.59. The largest absolute Gasteiger partial charge is 0.497 e. The van der Waals surface area contributed by atoms with Crippen LogP contribution in [0.1, 0.15) is 16.7 Å². The maximum absolute atomic E-state index is 5.57. The second-order valence-electron chi connectivity index (χ2n) is 8.98. The van der Waals surface area contributed by atoms with Crippen LogP contribution in [-0.2, 0) is 6.54 Å². The van der Waals surface area contributed by atoms with Crippen molar-refractivity contribution in [1.82, 2.24) is 4.98 Å². The van der Waals surface area contributed by atoms with Crippen LogP contribution in [0.4, 0.5) is 5.82 Å². The first-order chi connectivity index (χ1) is 17.6. The number of nitrogens with one attached hydrogen (secondary N) is 1. The Morgan fingerprint density at radius 1 is 0.722 bits per heavy atom. The zero-order chi connectivity index (χ0) is 25.1. The molecule has 1 heterocycles. The van der Waals surface area contributed by atoms with Crippen molar-refractivity contribution in [3.05, 3.63) is 108 Å². The summed E-state index contributed by atoms with van der Waals surface area (Å²) < 4.78 is 10.9. The molecule has 36 heavy (non-hydrogen) atoms. The van der Waals surface area contributed by atoms with E-state index in [1.807, 2.05) is 24.3 Å². The zero-order valence-corrected chi connectivity index (χ0v) is 21.1. The summed E-state index contributed by atoms with van der Waals surface area (Å²) in [6.45, 7) is 4.93. The zero-order valence-electron chi connectivity index (χ0n) is 21.1. The molecule has 0 amide bonds. The number of anilines is 1. The number of hydrogen-bond donors (Lipinski definition) is 1. The van der Waals surface area contributed by atoms with E-state index in [0.29, 0.717) is 6.54 Å². The Morgan fingerprint density at radius 2 is 1.50 bits per heavy atom. The first-order valence-corrected chi connectivity index (χ1v) is 12.1. The number of fused-ring (bicyclic) bond motifs is 1. The molecule has 0 unspecified atom stereocenters. The summed E-state index contributed by atoms with van der Waals surface area (Å²) in [5.74, 6) is 2.54. The molecule has 1 aromatic heterocycles. The minimum Gasteiger partial charge on any atom is -0.497 e. The van der Waals surface area contributed by atoms with E-state index >= 15 is 0 Å². The van der Waals surface area contributed by atoms with Gasteiger partial charge in [0, 0.05) is 23.1 Å². The van der Waals surface area contributed by atoms with E-state index in [2.05, 4.69) is 85.9 Å². The average molecular weight is 475 g/mol. The van der Waals surface area contributed by atoms with E-state index in [-0.39, 0.29) is 0 Å². The molecule has 180 valence electrons. The van der Waals surface area contributed by atoms with E-state index in [0.717, 1.165) is 56.0 Å². The molecule has 5 rings (SSSR count). The standard InChI is InChI=1S/C32H30N2O2/c1-21-12-17-28-29(18-21)30(24-9-7-10-26(19-24)36-4)31(27-11-6-5-8-22(27)2)34-32(28)33-20-23-13-15-25(35-3)16-14-23/h5-19H,20H2,1-4H3,(H,33,34). The quantitative estimate of drug-likeness (QED) is 0.261. The molecular formula is C32H30N2O2. The number of benzene rings is 4. The highest BCUT2D eigenvalue weighted by Gasteiger charge is 2.19. The van der Waals surface area contributed by atoms with Crippen LogP contribution in [0, 0.1) is 13.8 Å². The number of ether oxygens (including phenoxy) is 2. The molecule has 0 saturated heterocycles. The Bertz CT molecular complexity index is 1520. The van der Waals surface area contributed by atoms with Crippen molar-refractivity contribution < 1.29 is 9.47 Å². The van der Waals surface area contributed by atoms with Crippen molar-refractivity contribution in [2.75, 3.05) is 19.5 Å². The van der Waals surface area contributed by atoms with Crippen LogP contribution in [0.3, 0.4) is 0 Å². The first kappa shape index (κ1) is 23.4. The summed E-state index contributed by atoms with van der Waals surface area (Å²) in [6, 6.07) is 31.3. The molecular weight excluding hydrogens is 444 g/mol. The molecule has 1 N–H and O–H groups in total. The molecule has 0 saturated carbocycles. The van der Waals surface area contributed by atoms with E-state index in [9.17, 15) is 0 Å². The Hall–Kier alpha value is -4.31. The fourth-order valence-corrected chi connectivity index (χ4v) is 4.60. The molecule has 0 aliphatic carbocycles. The summed E-state index contributed by atoms with van der Waals surface area (Å²) >= 11 is 0. The molecule has 4 aromatic carbocycles. The van der Waals surface area contributed by atoms with Crippen LogP contribution < -0.4 is 14.8 Å². The number of aromatic nitrogens is 1. The van der Waals surface area contributed by atoms with Crippen molar-refractivity contribution >= 4 is 16.6 Å². The maximum atomic E-state index is 5.57. The van der Waals surface area contributed by atoms with Crippen LogP contribution in [0.5, 0.6) is 11.5 Å². The van der Waals surface area contributed by atoms with Crippen LogP contribution in [-0.4, -0.2) is 19.2 Å². The molecule has 0 bridgehead atoms. The normalized spacial score (nSPS) is 10.9. The Balaban J connectivity index is 1.73. The Morgan fingerprint density at radius 3 is 2.25 bits per heavy atom. The number of hydrogen-bond acceptors (Lipinski definition) is 4. The lowest BCUT2D eigenvalue weighted by Gasteiger charge is -2.19. The average Bonchev–Trinajstić information content (AvgIpc) is 2.91. The molecule has 4 heteroatoms. The number of nitrogens with zero attached hydrogens (tertiary/aromatic N) is 1. The second-order valence-corrected chi connectivity index (χ2v) is 8.98. The monoisotopic (exact) mass is 474 g/mol. The van der Waals surface area contributed by atoms with Gasteiger partial charge in [-0.2, -0.15) is 0 Å². The summed E-state index contributed by atoms with van der Waals surface area (Å²) in [4.78, 5) is 5.27. The molecule has 0 spiro atoms. The molecule has 0 fully saturated rings. The number of rotatable bonds is 7. The molecule has 5 aromatic rings. The fourth-order valence-electron chi connectivity index (χ4n) is 4.60. The van der Waals surface area contributed by atoms with Crippen LogP contribution >= 0.6 is 0 Å². The van der Waals surface area contributed by atoms with Gasteiger partial charge in [0.1, 0.15) is 17.3 Å². The third kappa shape index (κ3) is 4.63. The minimum absolute atomic E-state index is 0.658. The molecule has 0 aliphatic heterocycles. The van der Waals surface area contributed by atoms with Gasteiger partial charge in [-0.05, 0) is 60.2 Å². The van der Waals surface area contributed by atoms with Gasteiger partial charge in [0.15, 0.2) is 0 Å². The van der Waals surface area contributed by atoms with Gasteiger partial charge in [0.25, 0.3) is 0 Å². The van der Waals surface area contributed by atoms with Gasteiger partial charge in [-0.3, -0.25) is 0 Å². The predicted octanol–water partition coefficient (Wildman–Crippen LogP) is 7.81. The van der Waals surface area contributed by atoms with Crippen LogP contribution in [0.25, 0.3) is 33.2 Å². The van der Waals surface area contributed by atoms with Crippen LogP contribution in [0.15, 0.2) is 91.0 Å². The van der Waals surface area contributed by atoms with Crippen molar-refractivity contribution in [3.63, 3.8) is 0 Å². The van der Waals surface area contributed by atoms with Gasteiger partial charge in [-0.15, -0.1) is 0 Å². The van der Waals surface area contributed by atoms with Crippen molar-refractivity contribution in [3.8, 4) is 33.9 Å². The van der Waals surface area contributed by atoms with E-state index in [4.69, 9.17) is 14.5 Å². The molecule has 0 atom stereocenters. The summed E-state index contributed by atoms with van der Waals surface area (Å²) in [6.07, 6.45) is 0. The third-order valence-electron chi connectivity index (χ3n) is 6.54. The van der Waals surface area contributed by atoms with E-state index < -0.39 is 0 Å². The van der Waals surface area contributed by atoms with Gasteiger partial charge in [-0.1, -0.05) is 72.3 Å². The lowest BCUT2D eigenvalue weighted by molar-refractivity contribution is 0.414. The number of methoxy groups -OCH3 is 2. The number of pyridine rings is 1. The molecule has 0 aliphatic rings. The Labute approximate surface area is 212 Å². The van der Waals surface area contributed by atoms with Crippen molar-refractivity contribution in [1.29, 1.82) is 0 Å². The summed E-state index contributed by atoms with van der Waals surface area (Å²) in [7, 11) is 3.39. The number of aryl methyl sites for hydroxylation is 2. The fraction of sp³-hybridized carbons (Fsp3) is 0.156. The summed E-state index contributed by atoms with van der Waals surface area (Å²) in [5, 5.41) is 5.86. The minimum atomic E-state index is 0.658. The van der Waals surface area contributed by atoms with E-state index in [1.54, 1.807) is 14.2 Å². The second kappa shape index (κ2) is 10.1. The highest BCUT2D eigenvalue weighted by Crippen LogP contribution is 2.41. The van der Waals surface area contributed by atoms with Crippen molar-refractivity contribution in [2.45, 2.75) is 20.4 Å². The summed E-state index contributed by atoms with van der Waals surface area (Å²) in [5.41, 5.74) is 7.81. The van der Waals surface area contributed by atoms with E-state index in [1.165, 1.54) is 11.1 Å². The first-order valence-electron chi connectivity index (χ1n) is 12.1. The molecule has 0 radical (unpaired) electrons. The van der Waals surface area contributed by atoms with Gasteiger partial charge >= 0.3 is 0 Å². The van der Waals surface area contributed by atoms with Gasteiger partial charge in [-0.25, -0.2) is 4.98 Å². The van der Waals surface area contributed by atoms with Crippen LogP contribution in [0.2, 0.25) is 0 Å².